The van der Waals surface area contributed by atoms with E-state index < -0.39 is 11.4 Å². The van der Waals surface area contributed by atoms with E-state index in [1.165, 1.54) is 0 Å². The molecule has 0 saturated heterocycles. The molecule has 0 aliphatic heterocycles. The number of ether oxygens (including phenoxy) is 2. The van der Waals surface area contributed by atoms with E-state index in [9.17, 15) is 14.7 Å². The van der Waals surface area contributed by atoms with Crippen LogP contribution in [0, 0.1) is 5.41 Å². The van der Waals surface area contributed by atoms with Crippen LogP contribution in [-0.4, -0.2) is 37.7 Å². The molecule has 6 nitrogen and oxygen atoms in total. The third-order valence-corrected chi connectivity index (χ3v) is 4.45. The Morgan fingerprint density at radius 2 is 1.83 bits per heavy atom. The van der Waals surface area contributed by atoms with Crippen LogP contribution in [0.5, 0.6) is 11.5 Å². The highest BCUT2D eigenvalue weighted by Gasteiger charge is 2.47. The van der Waals surface area contributed by atoms with Gasteiger partial charge in [-0.1, -0.05) is 18.9 Å². The molecule has 2 N–H and O–H groups in total. The Balaban J connectivity index is 1.94. The summed E-state index contributed by atoms with van der Waals surface area (Å²) in [7, 11) is 3.14. The van der Waals surface area contributed by atoms with Gasteiger partial charge in [-0.2, -0.15) is 0 Å². The van der Waals surface area contributed by atoms with E-state index in [2.05, 4.69) is 5.32 Å². The zero-order valence-corrected chi connectivity index (χ0v) is 13.6. The number of rotatable bonds is 7. The summed E-state index contributed by atoms with van der Waals surface area (Å²) >= 11 is 0. The zero-order valence-electron chi connectivity index (χ0n) is 13.6. The second kappa shape index (κ2) is 7.35. The van der Waals surface area contributed by atoms with Crippen LogP contribution in [0.1, 0.15) is 31.2 Å². The van der Waals surface area contributed by atoms with E-state index in [-0.39, 0.29) is 5.91 Å². The fraction of sp³-hybridized carbons (Fsp3) is 0.529. The molecule has 1 fully saturated rings. The molecule has 0 spiro atoms. The lowest BCUT2D eigenvalue weighted by Crippen LogP contribution is -2.45. The molecule has 2 rings (SSSR count). The lowest BCUT2D eigenvalue weighted by Gasteiger charge is -2.22. The van der Waals surface area contributed by atoms with E-state index >= 15 is 0 Å². The first kappa shape index (κ1) is 17.1. The molecule has 0 radical (unpaired) electrons. The van der Waals surface area contributed by atoms with Crippen molar-refractivity contribution in [1.29, 1.82) is 0 Å². The average molecular weight is 321 g/mol. The van der Waals surface area contributed by atoms with Gasteiger partial charge in [0.2, 0.25) is 5.91 Å². The molecule has 0 heterocycles. The van der Waals surface area contributed by atoms with Crippen LogP contribution in [0.4, 0.5) is 0 Å². The third-order valence-electron chi connectivity index (χ3n) is 4.45. The lowest BCUT2D eigenvalue weighted by molar-refractivity contribution is -0.155. The second-order valence-corrected chi connectivity index (χ2v) is 5.79. The number of hydrogen-bond acceptors (Lipinski definition) is 4. The number of carboxylic acids is 1. The largest absolute Gasteiger partial charge is 0.493 e. The first-order valence-corrected chi connectivity index (χ1v) is 7.76. The Bertz CT molecular complexity index is 578. The summed E-state index contributed by atoms with van der Waals surface area (Å²) in [6, 6.07) is 5.56. The molecule has 0 aromatic heterocycles. The normalized spacial score (nSPS) is 15.9. The predicted octanol–water partition coefficient (Wildman–Crippen LogP) is 2.01. The number of carbonyl (C=O) groups is 2. The molecule has 1 amide bonds. The van der Waals surface area contributed by atoms with Crippen LogP contribution in [0.3, 0.4) is 0 Å². The van der Waals surface area contributed by atoms with Gasteiger partial charge in [0, 0.05) is 6.54 Å². The van der Waals surface area contributed by atoms with Crippen molar-refractivity contribution < 1.29 is 24.2 Å². The quantitative estimate of drug-likeness (QED) is 0.750. The Morgan fingerprint density at radius 1 is 1.17 bits per heavy atom. The van der Waals surface area contributed by atoms with Gasteiger partial charge < -0.3 is 19.9 Å². The molecule has 1 aliphatic carbocycles. The number of methoxy groups -OCH3 is 2. The molecule has 1 aliphatic rings. The minimum Gasteiger partial charge on any atom is -0.493 e. The van der Waals surface area contributed by atoms with Gasteiger partial charge in [0.25, 0.3) is 0 Å². The van der Waals surface area contributed by atoms with Gasteiger partial charge in [-0.05, 0) is 37.0 Å². The third kappa shape index (κ3) is 3.57. The summed E-state index contributed by atoms with van der Waals surface area (Å²) in [6.07, 6.45) is 3.02. The van der Waals surface area contributed by atoms with Gasteiger partial charge in [0.1, 0.15) is 5.41 Å². The summed E-state index contributed by atoms with van der Waals surface area (Å²) in [4.78, 5) is 23.7. The van der Waals surface area contributed by atoms with E-state index in [1.54, 1.807) is 14.2 Å². The van der Waals surface area contributed by atoms with Gasteiger partial charge in [-0.3, -0.25) is 9.59 Å². The highest BCUT2D eigenvalue weighted by molar-refractivity contribution is 6.02. The van der Waals surface area contributed by atoms with Crippen LogP contribution >= 0.6 is 0 Å². The van der Waals surface area contributed by atoms with Crippen LogP contribution in [0.15, 0.2) is 18.2 Å². The van der Waals surface area contributed by atoms with Crippen molar-refractivity contribution in [3.05, 3.63) is 23.8 Å². The summed E-state index contributed by atoms with van der Waals surface area (Å²) in [5, 5.41) is 12.2. The topological polar surface area (TPSA) is 84.9 Å². The first-order valence-electron chi connectivity index (χ1n) is 7.76. The van der Waals surface area contributed by atoms with Crippen molar-refractivity contribution >= 4 is 11.9 Å². The SMILES string of the molecule is COc1ccc(CCNC(=O)C2(C(=O)O)CCCC2)cc1OC. The highest BCUT2D eigenvalue weighted by Crippen LogP contribution is 2.38. The maximum absolute atomic E-state index is 12.3. The van der Waals surface area contributed by atoms with Gasteiger partial charge in [0.05, 0.1) is 14.2 Å². The van der Waals surface area contributed by atoms with Crippen molar-refractivity contribution in [2.24, 2.45) is 5.41 Å². The van der Waals surface area contributed by atoms with E-state index in [0.29, 0.717) is 37.3 Å². The Kier molecular flexibility index (Phi) is 5.47. The summed E-state index contributed by atoms with van der Waals surface area (Å²) in [5.41, 5.74) is -0.254. The van der Waals surface area contributed by atoms with Crippen molar-refractivity contribution in [2.75, 3.05) is 20.8 Å². The molecule has 23 heavy (non-hydrogen) atoms. The lowest BCUT2D eigenvalue weighted by atomic mass is 9.85. The molecular formula is C17H23NO5. The number of amides is 1. The maximum atomic E-state index is 12.3. The van der Waals surface area contributed by atoms with E-state index in [0.717, 1.165) is 18.4 Å². The fourth-order valence-corrected chi connectivity index (χ4v) is 3.04. The van der Waals surface area contributed by atoms with Crippen molar-refractivity contribution in [2.45, 2.75) is 32.1 Å². The number of hydrogen-bond donors (Lipinski definition) is 2. The van der Waals surface area contributed by atoms with Crippen molar-refractivity contribution in [1.82, 2.24) is 5.32 Å². The molecule has 1 aromatic carbocycles. The second-order valence-electron chi connectivity index (χ2n) is 5.79. The minimum atomic E-state index is -1.24. The number of carbonyl (C=O) groups excluding carboxylic acids is 1. The van der Waals surface area contributed by atoms with Crippen LogP contribution < -0.4 is 14.8 Å². The van der Waals surface area contributed by atoms with E-state index in [1.807, 2.05) is 18.2 Å². The van der Waals surface area contributed by atoms with Crippen molar-refractivity contribution in [3.8, 4) is 11.5 Å². The van der Waals surface area contributed by atoms with Crippen molar-refractivity contribution in [3.63, 3.8) is 0 Å². The monoisotopic (exact) mass is 321 g/mol. The van der Waals surface area contributed by atoms with Crippen LogP contribution in [0.2, 0.25) is 0 Å². The molecule has 0 unspecified atom stereocenters. The van der Waals surface area contributed by atoms with Crippen LogP contribution in [0.25, 0.3) is 0 Å². The zero-order chi connectivity index (χ0) is 16.9. The van der Waals surface area contributed by atoms with Gasteiger partial charge in [-0.25, -0.2) is 0 Å². The molecule has 0 bridgehead atoms. The molecule has 1 saturated carbocycles. The van der Waals surface area contributed by atoms with Gasteiger partial charge in [-0.15, -0.1) is 0 Å². The number of aliphatic carboxylic acids is 1. The molecule has 1 aromatic rings. The molecule has 0 atom stereocenters. The maximum Gasteiger partial charge on any atom is 0.319 e. The van der Waals surface area contributed by atoms with Gasteiger partial charge in [0.15, 0.2) is 11.5 Å². The Hall–Kier alpha value is -2.24. The number of nitrogens with one attached hydrogen (secondary N) is 1. The minimum absolute atomic E-state index is 0.372. The van der Waals surface area contributed by atoms with Gasteiger partial charge >= 0.3 is 5.97 Å². The number of benzene rings is 1. The Labute approximate surface area is 135 Å². The molecule has 126 valence electrons. The van der Waals surface area contributed by atoms with Crippen LogP contribution in [-0.2, 0) is 16.0 Å². The van der Waals surface area contributed by atoms with E-state index in [4.69, 9.17) is 9.47 Å². The molecular weight excluding hydrogens is 298 g/mol. The average Bonchev–Trinajstić information content (AvgIpc) is 3.05. The fourth-order valence-electron chi connectivity index (χ4n) is 3.04. The number of carboxylic acid groups (broad SMARTS) is 1. The smallest absolute Gasteiger partial charge is 0.319 e. The highest BCUT2D eigenvalue weighted by atomic mass is 16.5. The Morgan fingerprint density at radius 3 is 2.39 bits per heavy atom. The standard InChI is InChI=1S/C17H23NO5/c1-22-13-6-5-12(11-14(13)23-2)7-10-18-15(19)17(16(20)21)8-3-4-9-17/h5-6,11H,3-4,7-10H2,1-2H3,(H,18,19)(H,20,21). The summed E-state index contributed by atoms with van der Waals surface area (Å²) in [6.45, 7) is 0.392. The predicted molar refractivity (Wildman–Crippen MR) is 84.8 cm³/mol. The first-order chi connectivity index (χ1) is 11.0. The molecule has 6 heteroatoms. The summed E-state index contributed by atoms with van der Waals surface area (Å²) in [5.74, 6) is -0.105. The summed E-state index contributed by atoms with van der Waals surface area (Å²) < 4.78 is 10.4.